The zero-order valence-electron chi connectivity index (χ0n) is 13.3. The molecule has 21 heavy (non-hydrogen) atoms. The minimum absolute atomic E-state index is 0.186. The minimum atomic E-state index is -0.378. The molecule has 0 spiro atoms. The van der Waals surface area contributed by atoms with Gasteiger partial charge in [-0.1, -0.05) is 12.2 Å². The van der Waals surface area contributed by atoms with Crippen molar-refractivity contribution >= 4 is 17.0 Å². The van der Waals surface area contributed by atoms with Crippen molar-refractivity contribution in [2.45, 2.75) is 18.7 Å². The van der Waals surface area contributed by atoms with E-state index in [4.69, 9.17) is 4.74 Å². The molecule has 0 aliphatic rings. The van der Waals surface area contributed by atoms with Crippen LogP contribution in [0.4, 0.5) is 4.79 Å². The second-order valence-corrected chi connectivity index (χ2v) is 7.12. The Morgan fingerprint density at radius 2 is 1.76 bits per heavy atom. The number of nitrogens with zero attached hydrogens (tertiary/aromatic N) is 1. The molecule has 0 heterocycles. The minimum Gasteiger partial charge on any atom is -0.410 e. The number of benzene rings is 1. The third-order valence-corrected chi connectivity index (χ3v) is 4.39. The van der Waals surface area contributed by atoms with Gasteiger partial charge in [-0.15, -0.1) is 13.2 Å². The van der Waals surface area contributed by atoms with E-state index in [0.29, 0.717) is 18.8 Å². The lowest BCUT2D eigenvalue weighted by atomic mass is 10.1. The highest BCUT2D eigenvalue weighted by Gasteiger charge is 2.19. The van der Waals surface area contributed by atoms with Gasteiger partial charge in [0.05, 0.1) is 0 Å². The highest BCUT2D eigenvalue weighted by Crippen LogP contribution is 2.26. The number of hydrogen-bond acceptors (Lipinski definition) is 2. The zero-order valence-corrected chi connectivity index (χ0v) is 14.1. The number of amides is 1. The number of rotatable bonds is 6. The molecule has 3 nitrogen and oxygen atoms in total. The highest BCUT2D eigenvalue weighted by molar-refractivity contribution is 7.95. The molecular weight excluding hydrogens is 282 g/mol. The second kappa shape index (κ2) is 7.93. The first-order valence-electron chi connectivity index (χ1n) is 6.78. The van der Waals surface area contributed by atoms with Crippen molar-refractivity contribution in [3.63, 3.8) is 0 Å². The molecule has 1 rings (SSSR count). The van der Waals surface area contributed by atoms with Gasteiger partial charge in [-0.2, -0.15) is 0 Å². The molecule has 114 valence electrons. The Morgan fingerprint density at radius 1 is 1.19 bits per heavy atom. The third kappa shape index (κ3) is 4.67. The fourth-order valence-corrected chi connectivity index (χ4v) is 3.12. The van der Waals surface area contributed by atoms with Gasteiger partial charge in [-0.3, -0.25) is 0 Å². The molecule has 0 aromatic heterocycles. The van der Waals surface area contributed by atoms with Gasteiger partial charge in [0.1, 0.15) is 18.3 Å². The standard InChI is InChI=1S/C17H24NO2S/c1-7-9-18(10-8-2)17(19)20-15-11-14(4)16(21(5)6)12-13(15)3/h7-8,11-12H,1-2,9-10H2,3-6H3/q+1. The van der Waals surface area contributed by atoms with Crippen LogP contribution in [0.15, 0.2) is 42.3 Å². The van der Waals surface area contributed by atoms with Crippen molar-refractivity contribution in [2.24, 2.45) is 0 Å². The lowest BCUT2D eigenvalue weighted by molar-refractivity contribution is 0.162. The maximum Gasteiger partial charge on any atom is 0.415 e. The molecule has 0 aliphatic heterocycles. The molecule has 1 aromatic carbocycles. The maximum absolute atomic E-state index is 12.2. The van der Waals surface area contributed by atoms with E-state index in [1.165, 1.54) is 4.90 Å². The summed E-state index contributed by atoms with van der Waals surface area (Å²) in [5.74, 6) is 0.616. The summed E-state index contributed by atoms with van der Waals surface area (Å²) in [6.45, 7) is 12.2. The maximum atomic E-state index is 12.2. The summed E-state index contributed by atoms with van der Waals surface area (Å²) in [6, 6.07) is 4.04. The molecule has 0 saturated carbocycles. The van der Waals surface area contributed by atoms with Crippen LogP contribution in [-0.4, -0.2) is 36.6 Å². The Balaban J connectivity index is 2.96. The normalized spacial score (nSPS) is 10.3. The second-order valence-electron chi connectivity index (χ2n) is 5.05. The Morgan fingerprint density at radius 3 is 2.24 bits per heavy atom. The topological polar surface area (TPSA) is 29.5 Å². The summed E-state index contributed by atoms with van der Waals surface area (Å²) >= 11 is 0. The van der Waals surface area contributed by atoms with Crippen LogP contribution >= 0.6 is 0 Å². The average Bonchev–Trinajstić information content (AvgIpc) is 2.41. The molecule has 1 aromatic rings. The lowest BCUT2D eigenvalue weighted by Gasteiger charge is -2.19. The van der Waals surface area contributed by atoms with Crippen molar-refractivity contribution < 1.29 is 9.53 Å². The first kappa shape index (κ1) is 17.4. The van der Waals surface area contributed by atoms with Gasteiger partial charge < -0.3 is 9.64 Å². The molecule has 0 aliphatic carbocycles. The van der Waals surface area contributed by atoms with Gasteiger partial charge in [0.15, 0.2) is 4.90 Å². The van der Waals surface area contributed by atoms with E-state index in [-0.39, 0.29) is 17.0 Å². The molecule has 0 saturated heterocycles. The summed E-state index contributed by atoms with van der Waals surface area (Å²) in [4.78, 5) is 15.0. The van der Waals surface area contributed by atoms with Crippen molar-refractivity contribution in [1.82, 2.24) is 4.90 Å². The van der Waals surface area contributed by atoms with E-state index in [9.17, 15) is 4.79 Å². The lowest BCUT2D eigenvalue weighted by Crippen LogP contribution is -2.34. The summed E-state index contributed by atoms with van der Waals surface area (Å²) in [6.07, 6.45) is 7.33. The zero-order chi connectivity index (χ0) is 16.0. The SMILES string of the molecule is C=CCN(CC=C)C(=O)Oc1cc(C)c([S+](C)C)cc1C. The fraction of sp³-hybridized carbons (Fsp3) is 0.353. The quantitative estimate of drug-likeness (QED) is 0.592. The summed E-state index contributed by atoms with van der Waals surface area (Å²) < 4.78 is 5.52. The van der Waals surface area contributed by atoms with E-state index >= 15 is 0 Å². The molecule has 0 atom stereocenters. The highest BCUT2D eigenvalue weighted by atomic mass is 32.2. The van der Waals surface area contributed by atoms with Crippen LogP contribution < -0.4 is 4.74 Å². The van der Waals surface area contributed by atoms with Crippen LogP contribution in [0.3, 0.4) is 0 Å². The first-order chi connectivity index (χ1) is 9.90. The van der Waals surface area contributed by atoms with Crippen molar-refractivity contribution in [3.05, 3.63) is 48.6 Å². The van der Waals surface area contributed by atoms with E-state index < -0.39 is 0 Å². The number of ether oxygens (including phenoxy) is 1. The van der Waals surface area contributed by atoms with Gasteiger partial charge in [-0.25, -0.2) is 4.79 Å². The monoisotopic (exact) mass is 306 g/mol. The van der Waals surface area contributed by atoms with Crippen molar-refractivity contribution in [2.75, 3.05) is 25.6 Å². The average molecular weight is 306 g/mol. The summed E-state index contributed by atoms with van der Waals surface area (Å²) in [5.41, 5.74) is 2.12. The Kier molecular flexibility index (Phi) is 6.56. The van der Waals surface area contributed by atoms with E-state index in [1.807, 2.05) is 19.9 Å². The Hall–Kier alpha value is -1.68. The smallest absolute Gasteiger partial charge is 0.410 e. The molecule has 0 fully saturated rings. The Labute approximate surface area is 130 Å². The van der Waals surface area contributed by atoms with Gasteiger partial charge in [0.25, 0.3) is 0 Å². The van der Waals surface area contributed by atoms with Crippen LogP contribution in [0, 0.1) is 13.8 Å². The van der Waals surface area contributed by atoms with Gasteiger partial charge in [-0.05, 0) is 25.5 Å². The van der Waals surface area contributed by atoms with E-state index in [0.717, 1.165) is 11.1 Å². The van der Waals surface area contributed by atoms with Crippen LogP contribution in [0.25, 0.3) is 0 Å². The molecule has 0 unspecified atom stereocenters. The molecule has 0 radical (unpaired) electrons. The fourth-order valence-electron chi connectivity index (χ4n) is 2.01. The number of hydrogen-bond donors (Lipinski definition) is 0. The predicted molar refractivity (Wildman–Crippen MR) is 91.4 cm³/mol. The number of carbonyl (C=O) groups excluding carboxylic acids is 1. The molecular formula is C17H24NO2S+. The van der Waals surface area contributed by atoms with Crippen molar-refractivity contribution in [3.8, 4) is 5.75 Å². The number of aryl methyl sites for hydroxylation is 2. The molecule has 1 amide bonds. The largest absolute Gasteiger partial charge is 0.415 e. The van der Waals surface area contributed by atoms with Crippen LogP contribution in [0.5, 0.6) is 5.75 Å². The summed E-state index contributed by atoms with van der Waals surface area (Å²) in [5, 5.41) is 0. The summed E-state index contributed by atoms with van der Waals surface area (Å²) in [7, 11) is 0.186. The van der Waals surface area contributed by atoms with Gasteiger partial charge in [0.2, 0.25) is 0 Å². The third-order valence-electron chi connectivity index (χ3n) is 3.07. The molecule has 0 N–H and O–H groups in total. The van der Waals surface area contributed by atoms with E-state index in [1.54, 1.807) is 17.1 Å². The van der Waals surface area contributed by atoms with Gasteiger partial charge in [0, 0.05) is 35.6 Å². The van der Waals surface area contributed by atoms with E-state index in [2.05, 4.69) is 31.7 Å². The Bertz CT molecular complexity index is 528. The van der Waals surface area contributed by atoms with Crippen LogP contribution in [0.1, 0.15) is 11.1 Å². The number of carbonyl (C=O) groups is 1. The first-order valence-corrected chi connectivity index (χ1v) is 8.82. The van der Waals surface area contributed by atoms with Crippen LogP contribution in [0.2, 0.25) is 0 Å². The predicted octanol–water partition coefficient (Wildman–Crippen LogP) is 3.71. The van der Waals surface area contributed by atoms with Crippen molar-refractivity contribution in [1.29, 1.82) is 0 Å². The van der Waals surface area contributed by atoms with Crippen LogP contribution in [-0.2, 0) is 10.9 Å². The van der Waals surface area contributed by atoms with Gasteiger partial charge >= 0.3 is 6.09 Å². The molecule has 0 bridgehead atoms. The molecule has 4 heteroatoms.